The minimum absolute atomic E-state index is 0.175. The van der Waals surface area contributed by atoms with Crippen LogP contribution in [-0.4, -0.2) is 21.2 Å². The van der Waals surface area contributed by atoms with Crippen LogP contribution in [0.5, 0.6) is 0 Å². The molecule has 0 aromatic carbocycles. The van der Waals surface area contributed by atoms with Gasteiger partial charge in [-0.05, 0) is 38.0 Å². The van der Waals surface area contributed by atoms with Gasteiger partial charge in [-0.3, -0.25) is 9.48 Å². The van der Waals surface area contributed by atoms with Gasteiger partial charge in [-0.15, -0.1) is 0 Å². The van der Waals surface area contributed by atoms with Crippen LogP contribution >= 0.6 is 0 Å². The van der Waals surface area contributed by atoms with Crippen molar-refractivity contribution in [3.8, 4) is 6.07 Å². The molecule has 108 valence electrons. The molecule has 0 saturated heterocycles. The predicted octanol–water partition coefficient (Wildman–Crippen LogP) is 2.18. The van der Waals surface area contributed by atoms with Gasteiger partial charge in [0.1, 0.15) is 5.54 Å². The van der Waals surface area contributed by atoms with Gasteiger partial charge in [-0.25, -0.2) is 0 Å². The molecular weight excluding hydrogens is 252 g/mol. The molecule has 0 atom stereocenters. The van der Waals surface area contributed by atoms with Crippen LogP contribution in [-0.2, 0) is 13.5 Å². The van der Waals surface area contributed by atoms with Gasteiger partial charge in [0.25, 0.3) is 5.91 Å². The Balaban J connectivity index is 2.15. The number of aromatic nitrogens is 2. The molecule has 0 bridgehead atoms. The maximum absolute atomic E-state index is 12.4. The van der Waals surface area contributed by atoms with Crippen LogP contribution in [0.2, 0.25) is 0 Å². The van der Waals surface area contributed by atoms with E-state index in [0.29, 0.717) is 17.9 Å². The standard InChI is InChI=1S/C15H22N4O/c1-4-13-12(9-19(3)18-13)14(20)17-15(10-16)7-5-11(2)6-8-15/h9,11H,4-8H2,1-3H3,(H,17,20). The summed E-state index contributed by atoms with van der Waals surface area (Å²) in [7, 11) is 1.80. The second kappa shape index (κ2) is 5.66. The highest BCUT2D eigenvalue weighted by atomic mass is 16.1. The molecule has 1 saturated carbocycles. The molecule has 1 N–H and O–H groups in total. The molecule has 0 radical (unpaired) electrons. The lowest BCUT2D eigenvalue weighted by Gasteiger charge is -2.34. The number of aryl methyl sites for hydroxylation is 2. The largest absolute Gasteiger partial charge is 0.334 e. The van der Waals surface area contributed by atoms with Gasteiger partial charge in [-0.2, -0.15) is 10.4 Å². The molecule has 5 heteroatoms. The number of nitrogens with zero attached hydrogens (tertiary/aromatic N) is 3. The lowest BCUT2D eigenvalue weighted by Crippen LogP contribution is -2.49. The number of rotatable bonds is 3. The molecule has 1 fully saturated rings. The van der Waals surface area contributed by atoms with E-state index in [1.165, 1.54) is 0 Å². The number of hydrogen-bond donors (Lipinski definition) is 1. The smallest absolute Gasteiger partial charge is 0.256 e. The van der Waals surface area contributed by atoms with Gasteiger partial charge in [0, 0.05) is 13.2 Å². The van der Waals surface area contributed by atoms with E-state index in [-0.39, 0.29) is 5.91 Å². The molecule has 2 rings (SSSR count). The molecule has 0 aliphatic heterocycles. The zero-order valence-electron chi connectivity index (χ0n) is 12.4. The molecule has 20 heavy (non-hydrogen) atoms. The van der Waals surface area contributed by atoms with Crippen molar-refractivity contribution in [1.29, 1.82) is 5.26 Å². The van der Waals surface area contributed by atoms with Crippen molar-refractivity contribution in [2.45, 2.75) is 51.5 Å². The molecule has 1 aromatic heterocycles. The average Bonchev–Trinajstić information content (AvgIpc) is 2.83. The van der Waals surface area contributed by atoms with Crippen molar-refractivity contribution >= 4 is 5.91 Å². The molecular formula is C15H22N4O. The van der Waals surface area contributed by atoms with Crippen molar-refractivity contribution in [1.82, 2.24) is 15.1 Å². The number of nitrogens with one attached hydrogen (secondary N) is 1. The van der Waals surface area contributed by atoms with Crippen molar-refractivity contribution in [2.75, 3.05) is 0 Å². The van der Waals surface area contributed by atoms with Crippen LogP contribution in [0.3, 0.4) is 0 Å². The molecule has 1 aromatic rings. The Bertz CT molecular complexity index is 533. The van der Waals surface area contributed by atoms with E-state index in [0.717, 1.165) is 31.4 Å². The first-order valence-electron chi connectivity index (χ1n) is 7.26. The van der Waals surface area contributed by atoms with Gasteiger partial charge < -0.3 is 5.32 Å². The summed E-state index contributed by atoms with van der Waals surface area (Å²) in [6.45, 7) is 4.17. The van der Waals surface area contributed by atoms with E-state index in [4.69, 9.17) is 0 Å². The van der Waals surface area contributed by atoms with Gasteiger partial charge in [-0.1, -0.05) is 13.8 Å². The normalized spacial score (nSPS) is 26.0. The third-order valence-corrected chi connectivity index (χ3v) is 4.18. The molecule has 0 spiro atoms. The maximum atomic E-state index is 12.4. The minimum Gasteiger partial charge on any atom is -0.334 e. The van der Waals surface area contributed by atoms with Crippen LogP contribution in [0.4, 0.5) is 0 Å². The number of carbonyl (C=O) groups excluding carboxylic acids is 1. The fraction of sp³-hybridized carbons (Fsp3) is 0.667. The van der Waals surface area contributed by atoms with Gasteiger partial charge in [0.15, 0.2) is 0 Å². The summed E-state index contributed by atoms with van der Waals surface area (Å²) in [5, 5.41) is 16.7. The highest BCUT2D eigenvalue weighted by molar-refractivity contribution is 5.95. The molecule has 1 amide bonds. The molecule has 1 heterocycles. The number of nitriles is 1. The minimum atomic E-state index is -0.704. The Hall–Kier alpha value is -1.83. The Kier molecular flexibility index (Phi) is 4.12. The van der Waals surface area contributed by atoms with E-state index in [1.807, 2.05) is 6.92 Å². The summed E-state index contributed by atoms with van der Waals surface area (Å²) in [5.41, 5.74) is 0.662. The molecule has 5 nitrogen and oxygen atoms in total. The van der Waals surface area contributed by atoms with E-state index in [9.17, 15) is 10.1 Å². The topological polar surface area (TPSA) is 70.7 Å². The zero-order valence-corrected chi connectivity index (χ0v) is 12.4. The summed E-state index contributed by atoms with van der Waals surface area (Å²) in [5.74, 6) is 0.462. The highest BCUT2D eigenvalue weighted by Crippen LogP contribution is 2.31. The number of amides is 1. The fourth-order valence-corrected chi connectivity index (χ4v) is 2.79. The summed E-state index contributed by atoms with van der Waals surface area (Å²) >= 11 is 0. The van der Waals surface area contributed by atoms with Gasteiger partial charge >= 0.3 is 0 Å². The summed E-state index contributed by atoms with van der Waals surface area (Å²) in [6.07, 6.45) is 5.88. The Labute approximate surface area is 120 Å². The fourth-order valence-electron chi connectivity index (χ4n) is 2.79. The quantitative estimate of drug-likeness (QED) is 0.918. The van der Waals surface area contributed by atoms with Gasteiger partial charge in [0.05, 0.1) is 17.3 Å². The first kappa shape index (κ1) is 14.6. The van der Waals surface area contributed by atoms with Gasteiger partial charge in [0.2, 0.25) is 0 Å². The summed E-state index contributed by atoms with van der Waals surface area (Å²) in [6, 6.07) is 2.32. The first-order valence-corrected chi connectivity index (χ1v) is 7.26. The Morgan fingerprint density at radius 1 is 1.60 bits per heavy atom. The number of hydrogen-bond acceptors (Lipinski definition) is 3. The third-order valence-electron chi connectivity index (χ3n) is 4.18. The van der Waals surface area contributed by atoms with Crippen LogP contribution in [0.15, 0.2) is 6.20 Å². The molecule has 0 unspecified atom stereocenters. The second-order valence-corrected chi connectivity index (χ2v) is 5.85. The highest BCUT2D eigenvalue weighted by Gasteiger charge is 2.36. The SMILES string of the molecule is CCc1nn(C)cc1C(=O)NC1(C#N)CCC(C)CC1. The van der Waals surface area contributed by atoms with Crippen molar-refractivity contribution < 1.29 is 4.79 Å². The first-order chi connectivity index (χ1) is 9.49. The molecule has 1 aliphatic rings. The summed E-state index contributed by atoms with van der Waals surface area (Å²) in [4.78, 5) is 12.4. The third kappa shape index (κ3) is 2.84. The van der Waals surface area contributed by atoms with Crippen LogP contribution in [0.1, 0.15) is 55.6 Å². The Morgan fingerprint density at radius 3 is 2.80 bits per heavy atom. The van der Waals surface area contributed by atoms with E-state index in [1.54, 1.807) is 17.9 Å². The lowest BCUT2D eigenvalue weighted by atomic mass is 9.78. The monoisotopic (exact) mass is 274 g/mol. The van der Waals surface area contributed by atoms with Crippen LogP contribution < -0.4 is 5.32 Å². The van der Waals surface area contributed by atoms with Crippen LogP contribution in [0, 0.1) is 17.2 Å². The maximum Gasteiger partial charge on any atom is 0.256 e. The predicted molar refractivity (Wildman–Crippen MR) is 76.0 cm³/mol. The van der Waals surface area contributed by atoms with Crippen molar-refractivity contribution in [3.63, 3.8) is 0 Å². The second-order valence-electron chi connectivity index (χ2n) is 5.85. The average molecular weight is 274 g/mol. The van der Waals surface area contributed by atoms with E-state index in [2.05, 4.69) is 23.4 Å². The molecule has 1 aliphatic carbocycles. The summed E-state index contributed by atoms with van der Waals surface area (Å²) < 4.78 is 1.65. The van der Waals surface area contributed by atoms with Crippen molar-refractivity contribution in [2.24, 2.45) is 13.0 Å². The van der Waals surface area contributed by atoms with Crippen LogP contribution in [0.25, 0.3) is 0 Å². The van der Waals surface area contributed by atoms with E-state index >= 15 is 0 Å². The Morgan fingerprint density at radius 2 is 2.25 bits per heavy atom. The van der Waals surface area contributed by atoms with E-state index < -0.39 is 5.54 Å². The number of carbonyl (C=O) groups is 1. The zero-order chi connectivity index (χ0) is 14.8. The van der Waals surface area contributed by atoms with Crippen molar-refractivity contribution in [3.05, 3.63) is 17.5 Å². The lowest BCUT2D eigenvalue weighted by molar-refractivity contribution is 0.0893.